The van der Waals surface area contributed by atoms with E-state index in [0.717, 1.165) is 27.8 Å². The summed E-state index contributed by atoms with van der Waals surface area (Å²) in [6.45, 7) is 3.91. The van der Waals surface area contributed by atoms with Crippen molar-refractivity contribution in [3.8, 4) is 0 Å². The van der Waals surface area contributed by atoms with Gasteiger partial charge < -0.3 is 0 Å². The molecule has 0 saturated heterocycles. The summed E-state index contributed by atoms with van der Waals surface area (Å²) in [6, 6.07) is 9.16. The van der Waals surface area contributed by atoms with E-state index in [4.69, 9.17) is 0 Å². The Labute approximate surface area is 161 Å². The van der Waals surface area contributed by atoms with Gasteiger partial charge in [0, 0.05) is 26.3 Å². The minimum Gasteiger partial charge on any atom is -0.278 e. The Morgan fingerprint density at radius 1 is 1.15 bits per heavy atom. The van der Waals surface area contributed by atoms with Crippen LogP contribution >= 0.6 is 23.1 Å². The molecule has 1 nitrogen and oxygen atoms in total. The van der Waals surface area contributed by atoms with Crippen LogP contribution in [0.3, 0.4) is 0 Å². The van der Waals surface area contributed by atoms with Crippen LogP contribution in [0, 0.1) is 5.92 Å². The summed E-state index contributed by atoms with van der Waals surface area (Å²) in [7, 11) is 0. The van der Waals surface area contributed by atoms with Gasteiger partial charge in [0.25, 0.3) is 0 Å². The third kappa shape index (κ3) is 6.02. The van der Waals surface area contributed by atoms with Crippen molar-refractivity contribution < 1.29 is 13.2 Å². The first kappa shape index (κ1) is 21.3. The van der Waals surface area contributed by atoms with Crippen molar-refractivity contribution in [1.29, 1.82) is 0 Å². The summed E-state index contributed by atoms with van der Waals surface area (Å²) < 4.78 is 41.2. The van der Waals surface area contributed by atoms with Gasteiger partial charge in [0.2, 0.25) is 4.74 Å². The quantitative estimate of drug-likeness (QED) is 0.324. The Bertz CT molecular complexity index is 755. The molecular formula is C20H25F3OS2. The molecule has 0 spiro atoms. The molecular weight excluding hydrogens is 377 g/mol. The van der Waals surface area contributed by atoms with E-state index in [1.165, 1.54) is 23.1 Å². The molecule has 0 saturated carbocycles. The number of rotatable bonds is 9. The van der Waals surface area contributed by atoms with Crippen LogP contribution in [0.15, 0.2) is 40.0 Å². The molecule has 0 aliphatic rings. The average molecular weight is 403 g/mol. The SMILES string of the molecule is CCCCCC(CC(CC)Sc1cc(=O)sc2ccccc12)C(F)(F)F. The van der Waals surface area contributed by atoms with Crippen LogP contribution < -0.4 is 4.74 Å². The van der Waals surface area contributed by atoms with Crippen molar-refractivity contribution in [2.24, 2.45) is 5.92 Å². The number of hydrogen-bond donors (Lipinski definition) is 0. The molecule has 0 amide bonds. The maximum absolute atomic E-state index is 13.4. The van der Waals surface area contributed by atoms with E-state index >= 15 is 0 Å². The van der Waals surface area contributed by atoms with Crippen LogP contribution in [0.1, 0.15) is 52.4 Å². The molecule has 2 aromatic rings. The van der Waals surface area contributed by atoms with Crippen molar-refractivity contribution in [2.75, 3.05) is 0 Å². The van der Waals surface area contributed by atoms with E-state index in [1.807, 2.05) is 38.1 Å². The number of benzene rings is 1. The highest BCUT2D eigenvalue weighted by atomic mass is 32.2. The highest BCUT2D eigenvalue weighted by Crippen LogP contribution is 2.40. The Kier molecular flexibility index (Phi) is 8.02. The van der Waals surface area contributed by atoms with Gasteiger partial charge in [-0.05, 0) is 25.3 Å². The van der Waals surface area contributed by atoms with Crippen molar-refractivity contribution in [2.45, 2.75) is 68.7 Å². The Balaban J connectivity index is 2.19. The molecule has 0 N–H and O–H groups in total. The highest BCUT2D eigenvalue weighted by Gasteiger charge is 2.40. The second-order valence-electron chi connectivity index (χ2n) is 6.54. The largest absolute Gasteiger partial charge is 0.391 e. The fourth-order valence-corrected chi connectivity index (χ4v) is 5.33. The molecule has 2 atom stereocenters. The lowest BCUT2D eigenvalue weighted by Crippen LogP contribution is -2.26. The van der Waals surface area contributed by atoms with E-state index in [-0.39, 0.29) is 22.8 Å². The van der Waals surface area contributed by atoms with Gasteiger partial charge in [-0.15, -0.1) is 11.8 Å². The molecule has 0 aliphatic carbocycles. The highest BCUT2D eigenvalue weighted by molar-refractivity contribution is 8.00. The van der Waals surface area contributed by atoms with Crippen LogP contribution in [-0.2, 0) is 0 Å². The molecule has 26 heavy (non-hydrogen) atoms. The molecule has 1 aromatic heterocycles. The van der Waals surface area contributed by atoms with Crippen molar-refractivity contribution >= 4 is 33.2 Å². The van der Waals surface area contributed by atoms with E-state index < -0.39 is 12.1 Å². The standard InChI is InChI=1S/C20H25F3OS2/c1-3-5-6-9-14(20(21,22)23)12-15(4-2)25-18-13-19(24)26-17-11-8-7-10-16(17)18/h7-8,10-11,13-15H,3-6,9,12H2,1-2H3. The smallest absolute Gasteiger partial charge is 0.278 e. The zero-order valence-corrected chi connectivity index (χ0v) is 16.8. The van der Waals surface area contributed by atoms with Crippen molar-refractivity contribution in [1.82, 2.24) is 0 Å². The molecule has 0 aliphatic heterocycles. The predicted octanol–water partition coefficient (Wildman–Crippen LogP) is 7.28. The maximum atomic E-state index is 13.4. The monoisotopic (exact) mass is 402 g/mol. The summed E-state index contributed by atoms with van der Waals surface area (Å²) in [6.07, 6.45) is -0.852. The number of hydrogen-bond acceptors (Lipinski definition) is 3. The topological polar surface area (TPSA) is 17.1 Å². The fourth-order valence-electron chi connectivity index (χ4n) is 3.03. The second-order valence-corrected chi connectivity index (χ2v) is 8.93. The van der Waals surface area contributed by atoms with Gasteiger partial charge in [-0.1, -0.05) is 62.6 Å². The summed E-state index contributed by atoms with van der Waals surface area (Å²) in [5.41, 5.74) is 0. The van der Waals surface area contributed by atoms with E-state index in [1.54, 1.807) is 6.07 Å². The first-order valence-corrected chi connectivity index (χ1v) is 10.8. The van der Waals surface area contributed by atoms with E-state index in [2.05, 4.69) is 0 Å². The summed E-state index contributed by atoms with van der Waals surface area (Å²) in [5, 5.41) is 0.800. The molecule has 0 radical (unpaired) electrons. The van der Waals surface area contributed by atoms with Crippen LogP contribution in [0.5, 0.6) is 0 Å². The Morgan fingerprint density at radius 2 is 1.88 bits per heavy atom. The summed E-state index contributed by atoms with van der Waals surface area (Å²) in [4.78, 5) is 12.8. The second kappa shape index (κ2) is 9.79. The minimum atomic E-state index is -4.16. The van der Waals surface area contributed by atoms with Gasteiger partial charge in [-0.3, -0.25) is 4.79 Å². The number of fused-ring (bicyclic) bond motifs is 1. The van der Waals surface area contributed by atoms with Crippen LogP contribution in [0.2, 0.25) is 0 Å². The summed E-state index contributed by atoms with van der Waals surface area (Å²) in [5.74, 6) is -1.27. The number of alkyl halides is 3. The molecule has 0 fully saturated rings. The molecule has 1 heterocycles. The average Bonchev–Trinajstić information content (AvgIpc) is 2.59. The third-order valence-corrected chi connectivity index (χ3v) is 6.87. The third-order valence-electron chi connectivity index (χ3n) is 4.53. The molecule has 144 valence electrons. The lowest BCUT2D eigenvalue weighted by Gasteiger charge is -2.25. The van der Waals surface area contributed by atoms with Gasteiger partial charge in [0.15, 0.2) is 0 Å². The first-order valence-electron chi connectivity index (χ1n) is 9.11. The Hall–Kier alpha value is -1.01. The lowest BCUT2D eigenvalue weighted by atomic mass is 9.95. The first-order chi connectivity index (χ1) is 12.3. The molecule has 6 heteroatoms. The van der Waals surface area contributed by atoms with Gasteiger partial charge >= 0.3 is 6.18 Å². The van der Waals surface area contributed by atoms with Gasteiger partial charge in [0.05, 0.1) is 5.92 Å². The number of thioether (sulfide) groups is 1. The molecule has 1 aromatic carbocycles. The van der Waals surface area contributed by atoms with Crippen molar-refractivity contribution in [3.63, 3.8) is 0 Å². The Morgan fingerprint density at radius 3 is 2.54 bits per heavy atom. The predicted molar refractivity (Wildman–Crippen MR) is 106 cm³/mol. The zero-order chi connectivity index (χ0) is 19.2. The van der Waals surface area contributed by atoms with Crippen LogP contribution in [-0.4, -0.2) is 11.4 Å². The lowest BCUT2D eigenvalue weighted by molar-refractivity contribution is -0.178. The van der Waals surface area contributed by atoms with Crippen molar-refractivity contribution in [3.05, 3.63) is 39.9 Å². The van der Waals surface area contributed by atoms with E-state index in [9.17, 15) is 18.0 Å². The van der Waals surface area contributed by atoms with Gasteiger partial charge in [-0.2, -0.15) is 13.2 Å². The van der Waals surface area contributed by atoms with Gasteiger partial charge in [-0.25, -0.2) is 0 Å². The molecule has 2 unspecified atom stereocenters. The van der Waals surface area contributed by atoms with Gasteiger partial charge in [0.1, 0.15) is 0 Å². The van der Waals surface area contributed by atoms with E-state index in [0.29, 0.717) is 12.8 Å². The molecule has 0 bridgehead atoms. The number of unbranched alkanes of at least 4 members (excludes halogenated alkanes) is 2. The maximum Gasteiger partial charge on any atom is 0.391 e. The number of halogens is 3. The zero-order valence-electron chi connectivity index (χ0n) is 15.1. The molecule has 2 rings (SSSR count). The van der Waals surface area contributed by atoms with Crippen LogP contribution in [0.4, 0.5) is 13.2 Å². The van der Waals surface area contributed by atoms with Crippen LogP contribution in [0.25, 0.3) is 10.1 Å². The normalized spacial score (nSPS) is 14.5. The summed E-state index contributed by atoms with van der Waals surface area (Å²) >= 11 is 2.60. The fraction of sp³-hybridized carbons (Fsp3) is 0.550. The minimum absolute atomic E-state index is 0.0589.